The number of rotatable bonds is 3. The fourth-order valence-electron chi connectivity index (χ4n) is 1.41. The van der Waals surface area contributed by atoms with E-state index in [4.69, 9.17) is 4.74 Å². The van der Waals surface area contributed by atoms with Crippen molar-refractivity contribution in [3.63, 3.8) is 0 Å². The molecule has 0 saturated carbocycles. The van der Waals surface area contributed by atoms with Crippen molar-refractivity contribution in [3.8, 4) is 17.0 Å². The van der Waals surface area contributed by atoms with Crippen molar-refractivity contribution >= 4 is 0 Å². The number of pyridine rings is 1. The molecule has 1 aromatic carbocycles. The van der Waals surface area contributed by atoms with E-state index in [0.29, 0.717) is 12.5 Å². The summed E-state index contributed by atoms with van der Waals surface area (Å²) in [7, 11) is 0. The third-order valence-electron chi connectivity index (χ3n) is 2.14. The first-order valence-electron chi connectivity index (χ1n) is 5.04. The Hall–Kier alpha value is -1.83. The minimum atomic E-state index is 0.650. The van der Waals surface area contributed by atoms with Gasteiger partial charge >= 0.3 is 0 Å². The number of nitrogens with zero attached hydrogens (tertiary/aromatic N) is 1. The van der Waals surface area contributed by atoms with Crippen molar-refractivity contribution in [1.29, 1.82) is 0 Å². The quantitative estimate of drug-likeness (QED) is 0.757. The molecular weight excluding hydrogens is 186 g/mol. The van der Waals surface area contributed by atoms with Crippen LogP contribution in [0.4, 0.5) is 0 Å². The Morgan fingerprint density at radius 3 is 2.40 bits per heavy atom. The van der Waals surface area contributed by atoms with Crippen LogP contribution in [0.15, 0.2) is 48.7 Å². The number of ether oxygens (including phenoxy) is 1. The summed E-state index contributed by atoms with van der Waals surface area (Å²) in [5, 5.41) is 0. The number of hydrogen-bond donors (Lipinski definition) is 0. The molecule has 0 aliphatic heterocycles. The van der Waals surface area contributed by atoms with Gasteiger partial charge in [0.25, 0.3) is 0 Å². The van der Waals surface area contributed by atoms with Gasteiger partial charge in [0.15, 0.2) is 0 Å². The second kappa shape index (κ2) is 4.60. The molecule has 0 spiro atoms. The summed E-state index contributed by atoms with van der Waals surface area (Å²) in [6, 6.07) is 14.1. The van der Waals surface area contributed by atoms with Gasteiger partial charge in [0.05, 0.1) is 6.61 Å². The summed E-state index contributed by atoms with van der Waals surface area (Å²) in [5.41, 5.74) is 2.28. The maximum Gasteiger partial charge on any atom is 0.213 e. The smallest absolute Gasteiger partial charge is 0.213 e. The lowest BCUT2D eigenvalue weighted by atomic mass is 10.1. The van der Waals surface area contributed by atoms with E-state index in [9.17, 15) is 0 Å². The molecule has 2 aromatic rings. The lowest BCUT2D eigenvalue weighted by Crippen LogP contribution is -1.93. The summed E-state index contributed by atoms with van der Waals surface area (Å²) >= 11 is 0. The molecular formula is C13H13NO. The molecule has 1 aromatic heterocycles. The molecule has 0 N–H and O–H groups in total. The summed E-state index contributed by atoms with van der Waals surface area (Å²) < 4.78 is 5.29. The van der Waals surface area contributed by atoms with Crippen LogP contribution in [0, 0.1) is 0 Å². The highest BCUT2D eigenvalue weighted by Gasteiger charge is 1.97. The number of hydrogen-bond acceptors (Lipinski definition) is 2. The molecule has 0 amide bonds. The van der Waals surface area contributed by atoms with Gasteiger partial charge in [-0.1, -0.05) is 30.3 Å². The van der Waals surface area contributed by atoms with Crippen molar-refractivity contribution < 1.29 is 4.74 Å². The highest BCUT2D eigenvalue weighted by molar-refractivity contribution is 5.62. The topological polar surface area (TPSA) is 22.1 Å². The average Bonchev–Trinajstić information content (AvgIpc) is 2.32. The number of benzene rings is 1. The molecule has 15 heavy (non-hydrogen) atoms. The first-order chi connectivity index (χ1) is 7.40. The third-order valence-corrected chi connectivity index (χ3v) is 2.14. The minimum absolute atomic E-state index is 0.650. The van der Waals surface area contributed by atoms with Crippen LogP contribution >= 0.6 is 0 Å². The molecule has 0 radical (unpaired) electrons. The molecule has 76 valence electrons. The summed E-state index contributed by atoms with van der Waals surface area (Å²) in [4.78, 5) is 4.22. The predicted molar refractivity (Wildman–Crippen MR) is 60.8 cm³/mol. The Kier molecular flexibility index (Phi) is 2.98. The summed E-state index contributed by atoms with van der Waals surface area (Å²) in [6.45, 7) is 2.60. The highest BCUT2D eigenvalue weighted by Crippen LogP contribution is 2.19. The van der Waals surface area contributed by atoms with Crippen molar-refractivity contribution in [2.45, 2.75) is 6.92 Å². The van der Waals surface area contributed by atoms with Gasteiger partial charge in [-0.25, -0.2) is 4.98 Å². The SMILES string of the molecule is CCOc1ccc(-c2ccccc2)cn1. The fourth-order valence-corrected chi connectivity index (χ4v) is 1.41. The van der Waals surface area contributed by atoms with E-state index >= 15 is 0 Å². The van der Waals surface area contributed by atoms with Crippen LogP contribution in [0.5, 0.6) is 5.88 Å². The highest BCUT2D eigenvalue weighted by atomic mass is 16.5. The van der Waals surface area contributed by atoms with E-state index in [1.54, 1.807) is 0 Å². The van der Waals surface area contributed by atoms with E-state index in [2.05, 4.69) is 17.1 Å². The van der Waals surface area contributed by atoms with Crippen LogP contribution in [0.25, 0.3) is 11.1 Å². The molecule has 2 rings (SSSR count). The second-order valence-electron chi connectivity index (χ2n) is 3.18. The molecule has 1 heterocycles. The lowest BCUT2D eigenvalue weighted by molar-refractivity contribution is 0.327. The van der Waals surface area contributed by atoms with Gasteiger partial charge in [0.1, 0.15) is 0 Å². The van der Waals surface area contributed by atoms with Crippen molar-refractivity contribution in [3.05, 3.63) is 48.7 Å². The van der Waals surface area contributed by atoms with Gasteiger partial charge in [-0.15, -0.1) is 0 Å². The van der Waals surface area contributed by atoms with Crippen LogP contribution in [0.2, 0.25) is 0 Å². The Balaban J connectivity index is 2.24. The molecule has 0 saturated heterocycles. The van der Waals surface area contributed by atoms with Crippen molar-refractivity contribution in [1.82, 2.24) is 4.98 Å². The fraction of sp³-hybridized carbons (Fsp3) is 0.154. The second-order valence-corrected chi connectivity index (χ2v) is 3.18. The van der Waals surface area contributed by atoms with E-state index in [1.165, 1.54) is 5.56 Å². The zero-order chi connectivity index (χ0) is 10.5. The standard InChI is InChI=1S/C13H13NO/c1-2-15-13-9-8-12(10-14-13)11-6-4-3-5-7-11/h3-10H,2H2,1H3. The molecule has 0 bridgehead atoms. The van der Waals surface area contributed by atoms with E-state index < -0.39 is 0 Å². The molecule has 2 heteroatoms. The van der Waals surface area contributed by atoms with Crippen LogP contribution in [0.1, 0.15) is 6.92 Å². The number of aromatic nitrogens is 1. The minimum Gasteiger partial charge on any atom is -0.478 e. The Labute approximate surface area is 89.6 Å². The normalized spacial score (nSPS) is 9.93. The first kappa shape index (κ1) is 9.71. The zero-order valence-corrected chi connectivity index (χ0v) is 8.68. The molecule has 2 nitrogen and oxygen atoms in total. The Morgan fingerprint density at radius 1 is 1.00 bits per heavy atom. The van der Waals surface area contributed by atoms with Crippen LogP contribution in [0.3, 0.4) is 0 Å². The maximum absolute atomic E-state index is 5.29. The van der Waals surface area contributed by atoms with Crippen molar-refractivity contribution in [2.24, 2.45) is 0 Å². The van der Waals surface area contributed by atoms with Crippen LogP contribution in [-0.4, -0.2) is 11.6 Å². The summed E-state index contributed by atoms with van der Waals surface area (Å²) in [5.74, 6) is 0.678. The van der Waals surface area contributed by atoms with Gasteiger partial charge in [-0.05, 0) is 18.6 Å². The van der Waals surface area contributed by atoms with E-state index in [-0.39, 0.29) is 0 Å². The largest absolute Gasteiger partial charge is 0.478 e. The van der Waals surface area contributed by atoms with Gasteiger partial charge < -0.3 is 4.74 Å². The summed E-state index contributed by atoms with van der Waals surface area (Å²) in [6.07, 6.45) is 1.83. The molecule has 0 unspecified atom stereocenters. The molecule has 0 aliphatic rings. The third kappa shape index (κ3) is 2.34. The molecule has 0 fully saturated rings. The van der Waals surface area contributed by atoms with Crippen LogP contribution < -0.4 is 4.74 Å². The van der Waals surface area contributed by atoms with Crippen molar-refractivity contribution in [2.75, 3.05) is 6.61 Å². The van der Waals surface area contributed by atoms with Gasteiger partial charge in [0.2, 0.25) is 5.88 Å². The lowest BCUT2D eigenvalue weighted by Gasteiger charge is -2.03. The molecule has 0 atom stereocenters. The first-order valence-corrected chi connectivity index (χ1v) is 5.04. The van der Waals surface area contributed by atoms with Gasteiger partial charge in [-0.2, -0.15) is 0 Å². The Bertz CT molecular complexity index is 408. The van der Waals surface area contributed by atoms with Gasteiger partial charge in [-0.3, -0.25) is 0 Å². The van der Waals surface area contributed by atoms with E-state index in [1.807, 2.05) is 43.5 Å². The molecule has 0 aliphatic carbocycles. The maximum atomic E-state index is 5.29. The van der Waals surface area contributed by atoms with Crippen LogP contribution in [-0.2, 0) is 0 Å². The van der Waals surface area contributed by atoms with E-state index in [0.717, 1.165) is 5.56 Å². The zero-order valence-electron chi connectivity index (χ0n) is 8.68. The van der Waals surface area contributed by atoms with Gasteiger partial charge in [0, 0.05) is 17.8 Å². The Morgan fingerprint density at radius 2 is 1.80 bits per heavy atom. The monoisotopic (exact) mass is 199 g/mol. The average molecular weight is 199 g/mol. The predicted octanol–water partition coefficient (Wildman–Crippen LogP) is 3.15.